The van der Waals surface area contributed by atoms with Gasteiger partial charge in [-0.25, -0.2) is 0 Å². The number of aryl methyl sites for hydroxylation is 2. The molecule has 0 heterocycles. The lowest BCUT2D eigenvalue weighted by molar-refractivity contribution is -0.114. The number of carbonyl (C=O) groups excluding carboxylic acids is 2. The van der Waals surface area contributed by atoms with Crippen LogP contribution in [0.1, 0.15) is 21.5 Å². The smallest absolute Gasteiger partial charge is 0.255 e. The van der Waals surface area contributed by atoms with E-state index in [1.807, 2.05) is 26.0 Å². The minimum absolute atomic E-state index is 0.155. The molecule has 6 heteroatoms. The molecule has 0 fully saturated rings. The lowest BCUT2D eigenvalue weighted by Gasteiger charge is -2.10. The Labute approximate surface area is 176 Å². The maximum Gasteiger partial charge on any atom is 0.255 e. The summed E-state index contributed by atoms with van der Waals surface area (Å²) in [7, 11) is 1.59. The lowest BCUT2D eigenvalue weighted by atomic mass is 10.1. The van der Waals surface area contributed by atoms with Crippen LogP contribution in [-0.4, -0.2) is 25.5 Å². The largest absolute Gasteiger partial charge is 0.497 e. The van der Waals surface area contributed by atoms with E-state index in [9.17, 15) is 9.59 Å². The zero-order valence-electron chi connectivity index (χ0n) is 17.3. The van der Waals surface area contributed by atoms with Crippen LogP contribution in [0, 0.1) is 13.8 Å². The van der Waals surface area contributed by atoms with E-state index in [1.54, 1.807) is 55.6 Å². The highest BCUT2D eigenvalue weighted by Gasteiger charge is 2.08. The van der Waals surface area contributed by atoms with Gasteiger partial charge in [0.2, 0.25) is 5.91 Å². The van der Waals surface area contributed by atoms with Gasteiger partial charge in [-0.1, -0.05) is 6.07 Å². The fraction of sp³-hybridized carbons (Fsp3) is 0.167. The molecule has 3 rings (SSSR count). The van der Waals surface area contributed by atoms with Gasteiger partial charge in [0.05, 0.1) is 13.7 Å². The summed E-state index contributed by atoms with van der Waals surface area (Å²) in [6.07, 6.45) is 0. The van der Waals surface area contributed by atoms with Crippen LogP contribution in [0.2, 0.25) is 0 Å². The second-order valence-electron chi connectivity index (χ2n) is 7.04. The minimum atomic E-state index is -0.227. The summed E-state index contributed by atoms with van der Waals surface area (Å²) in [5.74, 6) is 0.333. The summed E-state index contributed by atoms with van der Waals surface area (Å²) in [5, 5.41) is 8.77. The number of ether oxygens (including phenoxy) is 1. The maximum atomic E-state index is 12.4. The van der Waals surface area contributed by atoms with Gasteiger partial charge in [0.25, 0.3) is 5.91 Å². The molecule has 3 aromatic rings. The highest BCUT2D eigenvalue weighted by atomic mass is 16.5. The maximum absolute atomic E-state index is 12.4. The molecule has 0 unspecified atom stereocenters. The molecule has 6 nitrogen and oxygen atoms in total. The summed E-state index contributed by atoms with van der Waals surface area (Å²) >= 11 is 0. The van der Waals surface area contributed by atoms with E-state index in [-0.39, 0.29) is 18.4 Å². The Bertz CT molecular complexity index is 1010. The number of nitrogens with one attached hydrogen (secondary N) is 3. The van der Waals surface area contributed by atoms with Gasteiger partial charge in [-0.05, 0) is 85.6 Å². The number of amides is 2. The van der Waals surface area contributed by atoms with Crippen LogP contribution >= 0.6 is 0 Å². The van der Waals surface area contributed by atoms with Crippen LogP contribution in [0.4, 0.5) is 17.1 Å². The van der Waals surface area contributed by atoms with Crippen molar-refractivity contribution in [2.75, 3.05) is 29.6 Å². The van der Waals surface area contributed by atoms with Crippen LogP contribution in [0.3, 0.4) is 0 Å². The predicted octanol–water partition coefficient (Wildman–Crippen LogP) is 4.61. The van der Waals surface area contributed by atoms with E-state index in [0.717, 1.165) is 22.6 Å². The van der Waals surface area contributed by atoms with Gasteiger partial charge in [-0.3, -0.25) is 9.59 Å². The van der Waals surface area contributed by atoms with Gasteiger partial charge < -0.3 is 20.7 Å². The van der Waals surface area contributed by atoms with Crippen molar-refractivity contribution in [2.45, 2.75) is 13.8 Å². The van der Waals surface area contributed by atoms with Crippen molar-refractivity contribution in [3.63, 3.8) is 0 Å². The molecule has 2 amide bonds. The average molecular weight is 403 g/mol. The molecule has 0 aliphatic carbocycles. The number of anilines is 3. The van der Waals surface area contributed by atoms with E-state index < -0.39 is 0 Å². The van der Waals surface area contributed by atoms with Crippen molar-refractivity contribution in [3.8, 4) is 5.75 Å². The van der Waals surface area contributed by atoms with Crippen molar-refractivity contribution in [1.29, 1.82) is 0 Å². The zero-order valence-corrected chi connectivity index (χ0v) is 17.3. The van der Waals surface area contributed by atoms with Crippen molar-refractivity contribution in [2.24, 2.45) is 0 Å². The second kappa shape index (κ2) is 9.60. The Morgan fingerprint density at radius 1 is 0.767 bits per heavy atom. The molecule has 0 aliphatic heterocycles. The molecule has 0 saturated carbocycles. The monoisotopic (exact) mass is 403 g/mol. The van der Waals surface area contributed by atoms with E-state index in [2.05, 4.69) is 22.0 Å². The molecular weight excluding hydrogens is 378 g/mol. The normalized spacial score (nSPS) is 10.2. The summed E-state index contributed by atoms with van der Waals surface area (Å²) in [5.41, 5.74) is 4.99. The van der Waals surface area contributed by atoms with Gasteiger partial charge in [-0.2, -0.15) is 0 Å². The zero-order chi connectivity index (χ0) is 21.5. The molecule has 154 valence electrons. The molecule has 3 aromatic carbocycles. The third-order valence-electron chi connectivity index (χ3n) is 4.45. The Morgan fingerprint density at radius 3 is 1.93 bits per heavy atom. The summed E-state index contributed by atoms with van der Waals surface area (Å²) in [6.45, 7) is 4.19. The summed E-state index contributed by atoms with van der Waals surface area (Å²) < 4.78 is 5.10. The Kier molecular flexibility index (Phi) is 6.70. The molecule has 0 spiro atoms. The van der Waals surface area contributed by atoms with Gasteiger partial charge in [0, 0.05) is 22.6 Å². The minimum Gasteiger partial charge on any atom is -0.497 e. The molecule has 0 aromatic heterocycles. The quantitative estimate of drug-likeness (QED) is 0.538. The molecule has 3 N–H and O–H groups in total. The van der Waals surface area contributed by atoms with Crippen LogP contribution in [0.25, 0.3) is 0 Å². The SMILES string of the molecule is COc1ccc(NC(=O)c2ccc(NC(=O)CNc3cc(C)cc(C)c3)cc2)cc1. The molecule has 0 atom stereocenters. The molecule has 30 heavy (non-hydrogen) atoms. The topological polar surface area (TPSA) is 79.5 Å². The Balaban J connectivity index is 1.52. The summed E-state index contributed by atoms with van der Waals surface area (Å²) in [4.78, 5) is 24.6. The number of benzene rings is 3. The average Bonchev–Trinajstić information content (AvgIpc) is 2.72. The van der Waals surface area contributed by atoms with E-state index in [0.29, 0.717) is 16.9 Å². The van der Waals surface area contributed by atoms with E-state index >= 15 is 0 Å². The van der Waals surface area contributed by atoms with Gasteiger partial charge in [0.1, 0.15) is 5.75 Å². The first-order valence-electron chi connectivity index (χ1n) is 9.60. The molecular formula is C24H25N3O3. The van der Waals surface area contributed by atoms with Crippen LogP contribution in [-0.2, 0) is 4.79 Å². The van der Waals surface area contributed by atoms with Crippen LogP contribution < -0.4 is 20.7 Å². The first-order valence-corrected chi connectivity index (χ1v) is 9.60. The Hall–Kier alpha value is -3.80. The van der Waals surface area contributed by atoms with Crippen molar-refractivity contribution in [3.05, 3.63) is 83.4 Å². The van der Waals surface area contributed by atoms with Crippen molar-refractivity contribution >= 4 is 28.9 Å². The second-order valence-corrected chi connectivity index (χ2v) is 7.04. The third-order valence-corrected chi connectivity index (χ3v) is 4.45. The molecule has 0 radical (unpaired) electrons. The van der Waals surface area contributed by atoms with Gasteiger partial charge in [-0.15, -0.1) is 0 Å². The van der Waals surface area contributed by atoms with E-state index in [1.165, 1.54) is 0 Å². The third kappa shape index (κ3) is 5.85. The first-order chi connectivity index (χ1) is 14.4. The first kappa shape index (κ1) is 20.9. The lowest BCUT2D eigenvalue weighted by Crippen LogP contribution is -2.22. The van der Waals surface area contributed by atoms with Crippen LogP contribution in [0.5, 0.6) is 5.75 Å². The highest BCUT2D eigenvalue weighted by Crippen LogP contribution is 2.17. The number of hydrogen-bond acceptors (Lipinski definition) is 4. The van der Waals surface area contributed by atoms with Gasteiger partial charge >= 0.3 is 0 Å². The predicted molar refractivity (Wildman–Crippen MR) is 120 cm³/mol. The Morgan fingerprint density at radius 2 is 1.33 bits per heavy atom. The molecule has 0 aliphatic rings. The molecule has 0 saturated heterocycles. The van der Waals surface area contributed by atoms with E-state index in [4.69, 9.17) is 4.74 Å². The highest BCUT2D eigenvalue weighted by molar-refractivity contribution is 6.04. The number of methoxy groups -OCH3 is 1. The van der Waals surface area contributed by atoms with Gasteiger partial charge in [0.15, 0.2) is 0 Å². The molecule has 0 bridgehead atoms. The number of hydrogen-bond donors (Lipinski definition) is 3. The fourth-order valence-corrected chi connectivity index (χ4v) is 3.05. The van der Waals surface area contributed by atoms with Crippen molar-refractivity contribution in [1.82, 2.24) is 0 Å². The van der Waals surface area contributed by atoms with Crippen molar-refractivity contribution < 1.29 is 14.3 Å². The fourth-order valence-electron chi connectivity index (χ4n) is 3.05. The summed E-state index contributed by atoms with van der Waals surface area (Å²) in [6, 6.07) is 19.9. The number of carbonyl (C=O) groups is 2. The standard InChI is InChI=1S/C24H25N3O3/c1-16-12-17(2)14-21(13-16)25-15-23(28)26-19-6-4-18(5-7-19)24(29)27-20-8-10-22(30-3)11-9-20/h4-14,25H,15H2,1-3H3,(H,26,28)(H,27,29). The number of rotatable bonds is 7. The van der Waals surface area contributed by atoms with Crippen LogP contribution in [0.15, 0.2) is 66.7 Å².